The van der Waals surface area contributed by atoms with Gasteiger partial charge in [-0.25, -0.2) is 4.98 Å². The van der Waals surface area contributed by atoms with Gasteiger partial charge in [-0.05, 0) is 31.8 Å². The molecule has 1 aromatic rings. The first-order valence-electron chi connectivity index (χ1n) is 5.05. The van der Waals surface area contributed by atoms with Gasteiger partial charge in [-0.3, -0.25) is 0 Å². The predicted molar refractivity (Wildman–Crippen MR) is 58.8 cm³/mol. The summed E-state index contributed by atoms with van der Waals surface area (Å²) in [6, 6.07) is 0. The van der Waals surface area contributed by atoms with Crippen LogP contribution < -0.4 is 10.2 Å². The van der Waals surface area contributed by atoms with Gasteiger partial charge < -0.3 is 10.2 Å². The number of piperidine rings is 1. The quantitative estimate of drug-likeness (QED) is 0.810. The van der Waals surface area contributed by atoms with Crippen LogP contribution in [-0.2, 0) is 0 Å². The smallest absolute Gasteiger partial charge is 0.204 e. The van der Waals surface area contributed by atoms with Gasteiger partial charge in [0.15, 0.2) is 0 Å². The third kappa shape index (κ3) is 2.42. The summed E-state index contributed by atoms with van der Waals surface area (Å²) in [6.45, 7) is 3.41. The molecule has 1 aliphatic heterocycles. The Kier molecular flexibility index (Phi) is 3.31. The molecule has 0 radical (unpaired) electrons. The zero-order valence-corrected chi connectivity index (χ0v) is 9.26. The Morgan fingerprint density at radius 3 is 3.29 bits per heavy atom. The van der Waals surface area contributed by atoms with Crippen LogP contribution in [0.25, 0.3) is 0 Å². The average molecular weight is 212 g/mol. The first-order valence-corrected chi connectivity index (χ1v) is 5.82. The standard InChI is InChI=1S/C9H16N4S/c1-13(9-11-7-12-14-9)6-8-3-2-4-10-5-8/h7-8,10H,2-6H2,1H3. The van der Waals surface area contributed by atoms with Gasteiger partial charge in [0.25, 0.3) is 0 Å². The maximum atomic E-state index is 4.19. The molecule has 14 heavy (non-hydrogen) atoms. The van der Waals surface area contributed by atoms with Crippen LogP contribution in [0.3, 0.4) is 0 Å². The number of hydrogen-bond acceptors (Lipinski definition) is 5. The van der Waals surface area contributed by atoms with E-state index >= 15 is 0 Å². The van der Waals surface area contributed by atoms with Gasteiger partial charge in [0.1, 0.15) is 6.33 Å². The fraction of sp³-hybridized carbons (Fsp3) is 0.778. The van der Waals surface area contributed by atoms with Gasteiger partial charge in [-0.15, -0.1) is 0 Å². The molecule has 1 unspecified atom stereocenters. The van der Waals surface area contributed by atoms with Gasteiger partial charge >= 0.3 is 0 Å². The Morgan fingerprint density at radius 1 is 1.71 bits per heavy atom. The summed E-state index contributed by atoms with van der Waals surface area (Å²) >= 11 is 1.46. The van der Waals surface area contributed by atoms with Crippen molar-refractivity contribution in [1.29, 1.82) is 0 Å². The highest BCUT2D eigenvalue weighted by Gasteiger charge is 2.16. The maximum absolute atomic E-state index is 4.19. The Hall–Kier alpha value is -0.680. The lowest BCUT2D eigenvalue weighted by atomic mass is 9.99. The van der Waals surface area contributed by atoms with Crippen molar-refractivity contribution in [1.82, 2.24) is 14.7 Å². The Labute approximate surface area is 88.5 Å². The first kappa shape index (κ1) is 9.86. The first-order chi connectivity index (χ1) is 6.86. The SMILES string of the molecule is CN(CC1CCCNC1)c1ncns1. The number of hydrogen-bond donors (Lipinski definition) is 1. The number of anilines is 1. The molecule has 0 aliphatic carbocycles. The van der Waals surface area contributed by atoms with Crippen LogP contribution in [0.5, 0.6) is 0 Å². The third-order valence-corrected chi connectivity index (χ3v) is 3.39. The van der Waals surface area contributed by atoms with E-state index in [-0.39, 0.29) is 0 Å². The summed E-state index contributed by atoms with van der Waals surface area (Å²) in [6.07, 6.45) is 4.25. The second-order valence-corrected chi connectivity index (χ2v) is 4.58. The summed E-state index contributed by atoms with van der Waals surface area (Å²) in [5.74, 6) is 0.762. The molecule has 1 saturated heterocycles. The number of nitrogens with one attached hydrogen (secondary N) is 1. The molecule has 4 nitrogen and oxygen atoms in total. The van der Waals surface area contributed by atoms with Crippen molar-refractivity contribution in [2.24, 2.45) is 5.92 Å². The molecule has 1 N–H and O–H groups in total. The molecule has 1 aromatic heterocycles. The van der Waals surface area contributed by atoms with E-state index in [0.717, 1.165) is 24.1 Å². The Balaban J connectivity index is 1.84. The van der Waals surface area contributed by atoms with Crippen LogP contribution >= 0.6 is 11.5 Å². The number of nitrogens with zero attached hydrogens (tertiary/aromatic N) is 3. The fourth-order valence-corrected chi connectivity index (χ4v) is 2.38. The van der Waals surface area contributed by atoms with Crippen LogP contribution in [0, 0.1) is 5.92 Å². The minimum absolute atomic E-state index is 0.762. The molecule has 2 heterocycles. The van der Waals surface area contributed by atoms with Crippen LogP contribution in [-0.4, -0.2) is 36.0 Å². The normalized spacial score (nSPS) is 22.2. The summed E-state index contributed by atoms with van der Waals surface area (Å²) in [7, 11) is 2.09. The van der Waals surface area contributed by atoms with E-state index in [0.29, 0.717) is 0 Å². The molecule has 2 rings (SSSR count). The molecule has 0 aromatic carbocycles. The zero-order chi connectivity index (χ0) is 9.80. The van der Waals surface area contributed by atoms with Gasteiger partial charge in [-0.1, -0.05) is 0 Å². The highest BCUT2D eigenvalue weighted by molar-refractivity contribution is 7.09. The van der Waals surface area contributed by atoms with E-state index in [4.69, 9.17) is 0 Å². The lowest BCUT2D eigenvalue weighted by Crippen LogP contribution is -2.36. The molecule has 0 spiro atoms. The van der Waals surface area contributed by atoms with E-state index in [1.165, 1.54) is 30.9 Å². The third-order valence-electron chi connectivity index (χ3n) is 2.61. The highest BCUT2D eigenvalue weighted by Crippen LogP contribution is 2.17. The number of rotatable bonds is 3. The number of aromatic nitrogens is 2. The summed E-state index contributed by atoms with van der Waals surface area (Å²) < 4.78 is 4.01. The molecular formula is C9H16N4S. The zero-order valence-electron chi connectivity index (χ0n) is 8.44. The van der Waals surface area contributed by atoms with Gasteiger partial charge in [0, 0.05) is 25.1 Å². The minimum Gasteiger partial charge on any atom is -0.350 e. The lowest BCUT2D eigenvalue weighted by molar-refractivity contribution is 0.381. The largest absolute Gasteiger partial charge is 0.350 e. The van der Waals surface area contributed by atoms with Crippen LogP contribution in [0.1, 0.15) is 12.8 Å². The monoisotopic (exact) mass is 212 g/mol. The van der Waals surface area contributed by atoms with E-state index in [1.807, 2.05) is 0 Å². The molecule has 0 saturated carbocycles. The van der Waals surface area contributed by atoms with Crippen molar-refractivity contribution < 1.29 is 0 Å². The van der Waals surface area contributed by atoms with Crippen LogP contribution in [0.2, 0.25) is 0 Å². The van der Waals surface area contributed by atoms with E-state index in [9.17, 15) is 0 Å². The minimum atomic E-state index is 0.762. The summed E-state index contributed by atoms with van der Waals surface area (Å²) in [5.41, 5.74) is 0. The van der Waals surface area contributed by atoms with Gasteiger partial charge in [0.2, 0.25) is 5.13 Å². The molecule has 5 heteroatoms. The van der Waals surface area contributed by atoms with Gasteiger partial charge in [0.05, 0.1) is 0 Å². The molecule has 0 amide bonds. The Bertz CT molecular complexity index is 256. The van der Waals surface area contributed by atoms with Crippen molar-refractivity contribution in [3.05, 3.63) is 6.33 Å². The lowest BCUT2D eigenvalue weighted by Gasteiger charge is -2.27. The average Bonchev–Trinajstić information content (AvgIpc) is 2.72. The second kappa shape index (κ2) is 4.70. The molecule has 1 aliphatic rings. The second-order valence-electron chi connectivity index (χ2n) is 3.82. The summed E-state index contributed by atoms with van der Waals surface area (Å²) in [4.78, 5) is 6.40. The van der Waals surface area contributed by atoms with Crippen molar-refractivity contribution in [3.63, 3.8) is 0 Å². The molecule has 0 bridgehead atoms. The van der Waals surface area contributed by atoms with Crippen LogP contribution in [0.15, 0.2) is 6.33 Å². The van der Waals surface area contributed by atoms with Gasteiger partial charge in [-0.2, -0.15) is 4.37 Å². The predicted octanol–water partition coefficient (Wildman–Crippen LogP) is 0.974. The molecule has 1 fully saturated rings. The van der Waals surface area contributed by atoms with Crippen molar-refractivity contribution in [2.75, 3.05) is 31.6 Å². The van der Waals surface area contributed by atoms with E-state index in [1.54, 1.807) is 6.33 Å². The topological polar surface area (TPSA) is 41.0 Å². The fourth-order valence-electron chi connectivity index (χ4n) is 1.88. The maximum Gasteiger partial charge on any atom is 0.204 e. The van der Waals surface area contributed by atoms with E-state index < -0.39 is 0 Å². The van der Waals surface area contributed by atoms with Crippen LogP contribution in [0.4, 0.5) is 5.13 Å². The van der Waals surface area contributed by atoms with Crippen molar-refractivity contribution in [3.8, 4) is 0 Å². The summed E-state index contributed by atoms with van der Waals surface area (Å²) in [5, 5.41) is 4.45. The molecular weight excluding hydrogens is 196 g/mol. The van der Waals surface area contributed by atoms with Crippen molar-refractivity contribution >= 4 is 16.7 Å². The van der Waals surface area contributed by atoms with Crippen molar-refractivity contribution in [2.45, 2.75) is 12.8 Å². The van der Waals surface area contributed by atoms with E-state index in [2.05, 4.69) is 26.6 Å². The molecule has 1 atom stereocenters. The highest BCUT2D eigenvalue weighted by atomic mass is 32.1. The Morgan fingerprint density at radius 2 is 2.64 bits per heavy atom. The molecule has 78 valence electrons.